The minimum absolute atomic E-state index is 0.192. The highest BCUT2D eigenvalue weighted by molar-refractivity contribution is 6.74. The van der Waals surface area contributed by atoms with E-state index in [1.54, 1.807) is 0 Å². The molecular formula is C12H25NO2Si. The van der Waals surface area contributed by atoms with Crippen molar-refractivity contribution in [2.45, 2.75) is 64.2 Å². The summed E-state index contributed by atoms with van der Waals surface area (Å²) < 4.78 is 6.08. The quantitative estimate of drug-likeness (QED) is 0.771. The van der Waals surface area contributed by atoms with Crippen LogP contribution < -0.4 is 5.32 Å². The van der Waals surface area contributed by atoms with Gasteiger partial charge in [-0.2, -0.15) is 0 Å². The molecule has 1 heterocycles. The van der Waals surface area contributed by atoms with Crippen LogP contribution >= 0.6 is 0 Å². The van der Waals surface area contributed by atoms with Crippen molar-refractivity contribution in [2.24, 2.45) is 0 Å². The van der Waals surface area contributed by atoms with Gasteiger partial charge in [0.15, 0.2) is 8.32 Å². The van der Waals surface area contributed by atoms with Gasteiger partial charge in [-0.15, -0.1) is 0 Å². The van der Waals surface area contributed by atoms with Crippen LogP contribution in [-0.2, 0) is 9.22 Å². The monoisotopic (exact) mass is 243 g/mol. The van der Waals surface area contributed by atoms with Gasteiger partial charge < -0.3 is 9.74 Å². The van der Waals surface area contributed by atoms with E-state index in [9.17, 15) is 4.79 Å². The predicted molar refractivity (Wildman–Crippen MR) is 68.9 cm³/mol. The first-order chi connectivity index (χ1) is 7.22. The molecule has 0 saturated carbocycles. The fraction of sp³-hybridized carbons (Fsp3) is 0.917. The highest BCUT2D eigenvalue weighted by Gasteiger charge is 2.37. The van der Waals surface area contributed by atoms with Crippen molar-refractivity contribution in [3.05, 3.63) is 0 Å². The van der Waals surface area contributed by atoms with E-state index in [-0.39, 0.29) is 10.9 Å². The minimum Gasteiger partial charge on any atom is -0.417 e. The van der Waals surface area contributed by atoms with Crippen LogP contribution in [0.25, 0.3) is 0 Å². The van der Waals surface area contributed by atoms with Crippen molar-refractivity contribution < 1.29 is 9.22 Å². The molecule has 4 heteroatoms. The molecule has 1 rings (SSSR count). The summed E-state index contributed by atoms with van der Waals surface area (Å²) in [5.74, 6) is 0.192. The van der Waals surface area contributed by atoms with E-state index in [1.807, 2.05) is 0 Å². The first kappa shape index (κ1) is 13.7. The molecule has 0 aromatic heterocycles. The third-order valence-corrected chi connectivity index (χ3v) is 8.36. The molecule has 1 aliphatic rings. The van der Waals surface area contributed by atoms with Crippen molar-refractivity contribution in [1.29, 1.82) is 0 Å². The van der Waals surface area contributed by atoms with E-state index in [4.69, 9.17) is 4.43 Å². The lowest BCUT2D eigenvalue weighted by molar-refractivity contribution is -0.119. The summed E-state index contributed by atoms with van der Waals surface area (Å²) in [6.07, 6.45) is 2.61. The Morgan fingerprint density at radius 2 is 2.06 bits per heavy atom. The Morgan fingerprint density at radius 3 is 2.50 bits per heavy atom. The lowest BCUT2D eigenvalue weighted by Gasteiger charge is -2.36. The minimum atomic E-state index is -1.61. The fourth-order valence-electron chi connectivity index (χ4n) is 1.57. The zero-order valence-corrected chi connectivity index (χ0v) is 12.2. The molecule has 1 N–H and O–H groups in total. The molecule has 1 atom stereocenters. The lowest BCUT2D eigenvalue weighted by Crippen LogP contribution is -2.41. The van der Waals surface area contributed by atoms with Crippen LogP contribution in [0.3, 0.4) is 0 Å². The molecule has 1 aliphatic heterocycles. The van der Waals surface area contributed by atoms with E-state index in [0.717, 1.165) is 19.4 Å². The average Bonchev–Trinajstić information content (AvgIpc) is 2.49. The summed E-state index contributed by atoms with van der Waals surface area (Å²) in [4.78, 5) is 11.0. The molecule has 3 nitrogen and oxygen atoms in total. The van der Waals surface area contributed by atoms with Gasteiger partial charge in [-0.3, -0.25) is 4.79 Å². The molecule has 1 fully saturated rings. The molecule has 0 aromatic carbocycles. The molecule has 0 aromatic rings. The maximum atomic E-state index is 11.0. The molecule has 0 radical (unpaired) electrons. The van der Waals surface area contributed by atoms with Gasteiger partial charge in [0.25, 0.3) is 0 Å². The molecule has 0 bridgehead atoms. The molecule has 0 spiro atoms. The molecule has 0 unspecified atom stereocenters. The number of hydrogen-bond acceptors (Lipinski definition) is 2. The third kappa shape index (κ3) is 3.59. The zero-order chi connectivity index (χ0) is 12.4. The third-order valence-electron chi connectivity index (χ3n) is 3.82. The van der Waals surface area contributed by atoms with Gasteiger partial charge in [-0.25, -0.2) is 0 Å². The van der Waals surface area contributed by atoms with Crippen LogP contribution in [0.2, 0.25) is 18.1 Å². The SMILES string of the molecule is CC(C)(C)[Si](C)(C)OCC[C@@H]1CCC(=O)N1. The van der Waals surface area contributed by atoms with Gasteiger partial charge in [-0.1, -0.05) is 20.8 Å². The Labute approximate surface area is 100 Å². The molecule has 16 heavy (non-hydrogen) atoms. The van der Waals surface area contributed by atoms with E-state index < -0.39 is 8.32 Å². The normalized spacial score (nSPS) is 22.3. The first-order valence-corrected chi connectivity index (χ1v) is 9.06. The van der Waals surface area contributed by atoms with Crippen molar-refractivity contribution in [1.82, 2.24) is 5.32 Å². The molecule has 1 amide bonds. The van der Waals surface area contributed by atoms with Crippen molar-refractivity contribution in [3.63, 3.8) is 0 Å². The van der Waals surface area contributed by atoms with Gasteiger partial charge in [0.05, 0.1) is 0 Å². The first-order valence-electron chi connectivity index (χ1n) is 6.16. The molecule has 0 aliphatic carbocycles. The average molecular weight is 243 g/mol. The second-order valence-electron chi connectivity index (χ2n) is 6.20. The van der Waals surface area contributed by atoms with Gasteiger partial charge in [-0.05, 0) is 31.0 Å². The zero-order valence-electron chi connectivity index (χ0n) is 11.2. The summed E-state index contributed by atoms with van der Waals surface area (Å²) in [5, 5.41) is 3.25. The topological polar surface area (TPSA) is 38.3 Å². The van der Waals surface area contributed by atoms with Crippen molar-refractivity contribution in [3.8, 4) is 0 Å². The maximum Gasteiger partial charge on any atom is 0.220 e. The van der Waals surface area contributed by atoms with Gasteiger partial charge in [0.1, 0.15) is 0 Å². The fourth-order valence-corrected chi connectivity index (χ4v) is 2.63. The van der Waals surface area contributed by atoms with E-state index in [2.05, 4.69) is 39.2 Å². The summed E-state index contributed by atoms with van der Waals surface area (Å²) >= 11 is 0. The van der Waals surface area contributed by atoms with Gasteiger partial charge in [0.2, 0.25) is 5.91 Å². The van der Waals surface area contributed by atoms with Gasteiger partial charge >= 0.3 is 0 Å². The number of amides is 1. The van der Waals surface area contributed by atoms with Crippen LogP contribution in [-0.4, -0.2) is 26.9 Å². The Bertz CT molecular complexity index is 258. The number of nitrogens with one attached hydrogen (secondary N) is 1. The molecule has 94 valence electrons. The lowest BCUT2D eigenvalue weighted by atomic mass is 10.2. The van der Waals surface area contributed by atoms with Gasteiger partial charge in [0, 0.05) is 19.1 Å². The van der Waals surface area contributed by atoms with E-state index in [0.29, 0.717) is 12.5 Å². The Kier molecular flexibility index (Phi) is 4.18. The number of hydrogen-bond donors (Lipinski definition) is 1. The maximum absolute atomic E-state index is 11.0. The van der Waals surface area contributed by atoms with Crippen molar-refractivity contribution in [2.75, 3.05) is 6.61 Å². The van der Waals surface area contributed by atoms with Crippen LogP contribution in [0, 0.1) is 0 Å². The molecule has 1 saturated heterocycles. The van der Waals surface area contributed by atoms with E-state index in [1.165, 1.54) is 0 Å². The second kappa shape index (κ2) is 4.88. The standard InChI is InChI=1S/C12H25NO2Si/c1-12(2,3)16(4,5)15-9-8-10-6-7-11(14)13-10/h10H,6-9H2,1-5H3,(H,13,14)/t10-/m0/s1. The Morgan fingerprint density at radius 1 is 1.44 bits per heavy atom. The Balaban J connectivity index is 2.27. The highest BCUT2D eigenvalue weighted by atomic mass is 28.4. The van der Waals surface area contributed by atoms with Crippen LogP contribution in [0.1, 0.15) is 40.0 Å². The van der Waals surface area contributed by atoms with Crippen LogP contribution in [0.4, 0.5) is 0 Å². The van der Waals surface area contributed by atoms with Crippen LogP contribution in [0.15, 0.2) is 0 Å². The van der Waals surface area contributed by atoms with Crippen LogP contribution in [0.5, 0.6) is 0 Å². The van der Waals surface area contributed by atoms with Crippen molar-refractivity contribution >= 4 is 14.2 Å². The smallest absolute Gasteiger partial charge is 0.220 e. The number of rotatable bonds is 4. The summed E-state index contributed by atoms with van der Waals surface area (Å²) in [6.45, 7) is 12.0. The largest absolute Gasteiger partial charge is 0.417 e. The number of carbonyl (C=O) groups is 1. The second-order valence-corrected chi connectivity index (χ2v) is 11.0. The highest BCUT2D eigenvalue weighted by Crippen LogP contribution is 2.36. The number of carbonyl (C=O) groups excluding carboxylic acids is 1. The summed E-state index contributed by atoms with van der Waals surface area (Å²) in [6, 6.07) is 0.345. The summed E-state index contributed by atoms with van der Waals surface area (Å²) in [5.41, 5.74) is 0. The molecular weight excluding hydrogens is 218 g/mol. The Hall–Kier alpha value is -0.353. The predicted octanol–water partition coefficient (Wildman–Crippen LogP) is 2.68. The summed E-state index contributed by atoms with van der Waals surface area (Å²) in [7, 11) is -1.61. The van der Waals surface area contributed by atoms with E-state index >= 15 is 0 Å².